The van der Waals surface area contributed by atoms with Crippen molar-refractivity contribution in [3.63, 3.8) is 0 Å². The largest absolute Gasteiger partial charge is 0.392 e. The minimum atomic E-state index is -0.313. The van der Waals surface area contributed by atoms with E-state index >= 15 is 0 Å². The standard InChI is InChI=1S/C12H14N2O/c13-12-7-3-1-2-4-8(7)14-9-5-6-10(15)11(9)12/h1-4,10-12,15H,5-6,13H2. The van der Waals surface area contributed by atoms with Gasteiger partial charge in [0.25, 0.3) is 0 Å². The van der Waals surface area contributed by atoms with Crippen LogP contribution in [0.1, 0.15) is 24.4 Å². The van der Waals surface area contributed by atoms with E-state index in [-0.39, 0.29) is 18.1 Å². The molecule has 3 nitrogen and oxygen atoms in total. The predicted octanol–water partition coefficient (Wildman–Crippen LogP) is 1.54. The highest BCUT2D eigenvalue weighted by Crippen LogP contribution is 2.41. The van der Waals surface area contributed by atoms with E-state index in [1.807, 2.05) is 24.3 Å². The van der Waals surface area contributed by atoms with Gasteiger partial charge in [-0.2, -0.15) is 0 Å². The van der Waals surface area contributed by atoms with Crippen molar-refractivity contribution < 1.29 is 5.11 Å². The van der Waals surface area contributed by atoms with Gasteiger partial charge in [-0.05, 0) is 24.5 Å². The van der Waals surface area contributed by atoms with Gasteiger partial charge in [-0.3, -0.25) is 4.99 Å². The topological polar surface area (TPSA) is 58.6 Å². The minimum absolute atomic E-state index is 0.0416. The lowest BCUT2D eigenvalue weighted by molar-refractivity contribution is 0.135. The lowest BCUT2D eigenvalue weighted by atomic mass is 9.86. The second-order valence-corrected chi connectivity index (χ2v) is 4.32. The molecule has 1 saturated carbocycles. The molecular formula is C12H14N2O. The van der Waals surface area contributed by atoms with E-state index in [1.165, 1.54) is 0 Å². The number of aliphatic hydroxyl groups is 1. The van der Waals surface area contributed by atoms with Crippen molar-refractivity contribution in [3.8, 4) is 0 Å². The lowest BCUT2D eigenvalue weighted by Crippen LogP contribution is -2.33. The molecule has 0 amide bonds. The zero-order chi connectivity index (χ0) is 10.4. The molecule has 15 heavy (non-hydrogen) atoms. The maximum absolute atomic E-state index is 9.86. The summed E-state index contributed by atoms with van der Waals surface area (Å²) in [6.07, 6.45) is 1.37. The highest BCUT2D eigenvalue weighted by Gasteiger charge is 2.39. The van der Waals surface area contributed by atoms with Crippen molar-refractivity contribution in [3.05, 3.63) is 29.8 Å². The molecule has 1 aliphatic heterocycles. The maximum Gasteiger partial charge on any atom is 0.0677 e. The Morgan fingerprint density at radius 2 is 2.13 bits per heavy atom. The van der Waals surface area contributed by atoms with Gasteiger partial charge in [0.1, 0.15) is 0 Å². The van der Waals surface area contributed by atoms with Gasteiger partial charge >= 0.3 is 0 Å². The van der Waals surface area contributed by atoms with Gasteiger partial charge in [-0.1, -0.05) is 18.2 Å². The van der Waals surface area contributed by atoms with E-state index in [1.54, 1.807) is 0 Å². The molecule has 3 atom stereocenters. The summed E-state index contributed by atoms with van der Waals surface area (Å²) in [6, 6.07) is 7.85. The third kappa shape index (κ3) is 1.24. The van der Waals surface area contributed by atoms with Crippen LogP contribution in [-0.4, -0.2) is 16.9 Å². The number of nitrogens with zero attached hydrogens (tertiary/aromatic N) is 1. The zero-order valence-electron chi connectivity index (χ0n) is 8.43. The molecule has 2 aliphatic rings. The Bertz CT molecular complexity index is 427. The number of benzene rings is 1. The molecule has 1 fully saturated rings. The van der Waals surface area contributed by atoms with Gasteiger partial charge in [0, 0.05) is 17.7 Å². The van der Waals surface area contributed by atoms with Crippen LogP contribution in [0.4, 0.5) is 5.69 Å². The number of hydrogen-bond acceptors (Lipinski definition) is 3. The van der Waals surface area contributed by atoms with E-state index in [2.05, 4.69) is 4.99 Å². The van der Waals surface area contributed by atoms with E-state index in [9.17, 15) is 5.11 Å². The van der Waals surface area contributed by atoms with Crippen LogP contribution < -0.4 is 5.73 Å². The number of aliphatic hydroxyl groups excluding tert-OH is 1. The molecule has 0 aromatic heterocycles. The van der Waals surface area contributed by atoms with Crippen LogP contribution in [0.2, 0.25) is 0 Å². The first-order chi connectivity index (χ1) is 7.27. The zero-order valence-corrected chi connectivity index (χ0v) is 8.43. The van der Waals surface area contributed by atoms with Crippen LogP contribution in [0, 0.1) is 5.92 Å². The summed E-state index contributed by atoms with van der Waals surface area (Å²) in [6.45, 7) is 0. The second kappa shape index (κ2) is 3.15. The SMILES string of the molecule is NC1c2ccccc2N=C2CCC(O)C21. The minimum Gasteiger partial charge on any atom is -0.392 e. The molecular weight excluding hydrogens is 188 g/mol. The predicted molar refractivity (Wildman–Crippen MR) is 59.2 cm³/mol. The van der Waals surface area contributed by atoms with E-state index in [0.29, 0.717) is 0 Å². The summed E-state index contributed by atoms with van der Waals surface area (Å²) in [5.74, 6) is 0.0416. The van der Waals surface area contributed by atoms with Gasteiger partial charge in [-0.25, -0.2) is 0 Å². The molecule has 1 heterocycles. The fourth-order valence-electron chi connectivity index (χ4n) is 2.66. The molecule has 3 unspecified atom stereocenters. The van der Waals surface area contributed by atoms with Crippen molar-refractivity contribution in [1.29, 1.82) is 0 Å². The van der Waals surface area contributed by atoms with Gasteiger partial charge in [0.2, 0.25) is 0 Å². The Kier molecular flexibility index (Phi) is 1.90. The highest BCUT2D eigenvalue weighted by molar-refractivity contribution is 5.94. The average molecular weight is 202 g/mol. The van der Waals surface area contributed by atoms with Crippen molar-refractivity contribution in [2.24, 2.45) is 16.6 Å². The van der Waals surface area contributed by atoms with E-state index in [0.717, 1.165) is 29.8 Å². The highest BCUT2D eigenvalue weighted by atomic mass is 16.3. The number of fused-ring (bicyclic) bond motifs is 2. The first kappa shape index (κ1) is 9.07. The molecule has 1 aromatic carbocycles. The Morgan fingerprint density at radius 1 is 1.33 bits per heavy atom. The number of rotatable bonds is 0. The first-order valence-electron chi connectivity index (χ1n) is 5.37. The molecule has 0 spiro atoms. The third-order valence-electron chi connectivity index (χ3n) is 3.44. The van der Waals surface area contributed by atoms with Crippen LogP contribution >= 0.6 is 0 Å². The fourth-order valence-corrected chi connectivity index (χ4v) is 2.66. The molecule has 3 N–H and O–H groups in total. The summed E-state index contributed by atoms with van der Waals surface area (Å²) in [4.78, 5) is 4.58. The third-order valence-corrected chi connectivity index (χ3v) is 3.44. The van der Waals surface area contributed by atoms with Crippen molar-refractivity contribution in [2.45, 2.75) is 25.0 Å². The number of para-hydroxylation sites is 1. The van der Waals surface area contributed by atoms with Gasteiger partial charge < -0.3 is 10.8 Å². The fraction of sp³-hybridized carbons (Fsp3) is 0.417. The smallest absolute Gasteiger partial charge is 0.0677 e. The Morgan fingerprint density at radius 3 is 3.00 bits per heavy atom. The van der Waals surface area contributed by atoms with Crippen molar-refractivity contribution in [1.82, 2.24) is 0 Å². The van der Waals surface area contributed by atoms with Crippen LogP contribution in [0.25, 0.3) is 0 Å². The molecule has 3 heteroatoms. The molecule has 1 aliphatic carbocycles. The van der Waals surface area contributed by atoms with E-state index in [4.69, 9.17) is 5.73 Å². The number of aliphatic imine (C=N–C) groups is 1. The second-order valence-electron chi connectivity index (χ2n) is 4.32. The molecule has 0 radical (unpaired) electrons. The van der Waals surface area contributed by atoms with Crippen molar-refractivity contribution >= 4 is 11.4 Å². The summed E-state index contributed by atoms with van der Waals surface area (Å²) < 4.78 is 0. The summed E-state index contributed by atoms with van der Waals surface area (Å²) in [5.41, 5.74) is 9.30. The summed E-state index contributed by atoms with van der Waals surface area (Å²) in [5, 5.41) is 9.86. The molecule has 0 bridgehead atoms. The van der Waals surface area contributed by atoms with Crippen LogP contribution in [0.15, 0.2) is 29.3 Å². The molecule has 1 aromatic rings. The Labute approximate surface area is 88.6 Å². The molecule has 0 saturated heterocycles. The first-order valence-corrected chi connectivity index (χ1v) is 5.37. The number of nitrogens with two attached hydrogens (primary N) is 1. The van der Waals surface area contributed by atoms with Crippen LogP contribution in [0.3, 0.4) is 0 Å². The van der Waals surface area contributed by atoms with Crippen LogP contribution in [0.5, 0.6) is 0 Å². The molecule has 3 rings (SSSR count). The Hall–Kier alpha value is -1.19. The average Bonchev–Trinajstić information content (AvgIpc) is 2.61. The summed E-state index contributed by atoms with van der Waals surface area (Å²) >= 11 is 0. The van der Waals surface area contributed by atoms with E-state index < -0.39 is 0 Å². The normalized spacial score (nSPS) is 33.2. The van der Waals surface area contributed by atoms with Gasteiger partial charge in [0.05, 0.1) is 11.8 Å². The Balaban J connectivity index is 2.13. The van der Waals surface area contributed by atoms with Gasteiger partial charge in [-0.15, -0.1) is 0 Å². The van der Waals surface area contributed by atoms with Gasteiger partial charge in [0.15, 0.2) is 0 Å². The number of hydrogen-bond donors (Lipinski definition) is 2. The molecule has 78 valence electrons. The lowest BCUT2D eigenvalue weighted by Gasteiger charge is -2.28. The maximum atomic E-state index is 9.86. The quantitative estimate of drug-likeness (QED) is 0.670. The van der Waals surface area contributed by atoms with Crippen molar-refractivity contribution in [2.75, 3.05) is 0 Å². The monoisotopic (exact) mass is 202 g/mol. The van der Waals surface area contributed by atoms with Crippen LogP contribution in [-0.2, 0) is 0 Å². The summed E-state index contributed by atoms with van der Waals surface area (Å²) in [7, 11) is 0.